The van der Waals surface area contributed by atoms with Gasteiger partial charge < -0.3 is 9.47 Å². The van der Waals surface area contributed by atoms with Gasteiger partial charge in [-0.3, -0.25) is 0 Å². The minimum Gasteiger partial charge on any atom is -0.494 e. The molecule has 7 nitrogen and oxygen atoms in total. The summed E-state index contributed by atoms with van der Waals surface area (Å²) in [5.74, 6) is -0.160. The van der Waals surface area contributed by atoms with Gasteiger partial charge in [0.1, 0.15) is 5.75 Å². The largest absolute Gasteiger partial charge is 0.494 e. The van der Waals surface area contributed by atoms with Crippen molar-refractivity contribution in [3.63, 3.8) is 0 Å². The predicted molar refractivity (Wildman–Crippen MR) is 116 cm³/mol. The van der Waals surface area contributed by atoms with E-state index in [2.05, 4.69) is 5.10 Å². The topological polar surface area (TPSA) is 87.5 Å². The molecule has 2 aromatic carbocycles. The quantitative estimate of drug-likeness (QED) is 0.526. The lowest BCUT2D eigenvalue weighted by Gasteiger charge is -2.22. The van der Waals surface area contributed by atoms with Gasteiger partial charge in [0.15, 0.2) is 4.90 Å². The molecule has 0 aliphatic heterocycles. The Kier molecular flexibility index (Phi) is 6.22. The molecule has 3 aromatic rings. The molecular weight excluding hydrogens is 416 g/mol. The number of benzene rings is 2. The van der Waals surface area contributed by atoms with E-state index >= 15 is 0 Å². The van der Waals surface area contributed by atoms with E-state index in [0.29, 0.717) is 12.4 Å². The maximum Gasteiger partial charge on any atom is 0.344 e. The van der Waals surface area contributed by atoms with Crippen LogP contribution in [0.5, 0.6) is 11.6 Å². The van der Waals surface area contributed by atoms with Crippen LogP contribution in [0.15, 0.2) is 64.4 Å². The van der Waals surface area contributed by atoms with Crippen molar-refractivity contribution in [2.45, 2.75) is 49.9 Å². The van der Waals surface area contributed by atoms with Crippen LogP contribution in [0.25, 0.3) is 0 Å². The Hall–Kier alpha value is -3.13. The van der Waals surface area contributed by atoms with Gasteiger partial charge in [0, 0.05) is 0 Å². The summed E-state index contributed by atoms with van der Waals surface area (Å²) < 4.78 is 39.3. The van der Waals surface area contributed by atoms with E-state index in [1.807, 2.05) is 27.7 Å². The second kappa shape index (κ2) is 8.55. The lowest BCUT2D eigenvalue weighted by Crippen LogP contribution is -2.26. The minimum atomic E-state index is -3.96. The number of rotatable bonds is 6. The number of ether oxygens (including phenoxy) is 2. The predicted octanol–water partition coefficient (Wildman–Crippen LogP) is 4.40. The standard InChI is InChI=1S/C23H26N2O5S/c1-6-29-18-14-12-17(13-15-18)22(26)30-21-20(16(2)24-25(21)23(3,4)5)31(27,28)19-10-8-7-9-11-19/h7-15H,6H2,1-5H3. The maximum absolute atomic E-state index is 13.4. The first-order chi connectivity index (χ1) is 14.6. The molecule has 0 amide bonds. The highest BCUT2D eigenvalue weighted by molar-refractivity contribution is 7.91. The van der Waals surface area contributed by atoms with E-state index in [1.165, 1.54) is 16.8 Å². The van der Waals surface area contributed by atoms with Crippen molar-refractivity contribution in [1.82, 2.24) is 9.78 Å². The van der Waals surface area contributed by atoms with Crippen LogP contribution in [0.4, 0.5) is 0 Å². The summed E-state index contributed by atoms with van der Waals surface area (Å²) in [4.78, 5) is 12.9. The number of sulfone groups is 1. The number of aromatic nitrogens is 2. The monoisotopic (exact) mass is 442 g/mol. The van der Waals surface area contributed by atoms with Crippen LogP contribution in [-0.2, 0) is 15.4 Å². The molecule has 0 atom stereocenters. The van der Waals surface area contributed by atoms with Crippen LogP contribution in [0.3, 0.4) is 0 Å². The number of carbonyl (C=O) groups is 1. The third kappa shape index (κ3) is 4.64. The van der Waals surface area contributed by atoms with E-state index in [-0.39, 0.29) is 26.9 Å². The van der Waals surface area contributed by atoms with Crippen LogP contribution in [-0.4, -0.2) is 30.8 Å². The Morgan fingerprint density at radius 1 is 1.03 bits per heavy atom. The maximum atomic E-state index is 13.4. The molecule has 0 N–H and O–H groups in total. The highest BCUT2D eigenvalue weighted by atomic mass is 32.2. The number of aryl methyl sites for hydroxylation is 1. The van der Waals surface area contributed by atoms with Gasteiger partial charge in [-0.1, -0.05) is 18.2 Å². The summed E-state index contributed by atoms with van der Waals surface area (Å²) in [6.45, 7) is 9.53. The number of carbonyl (C=O) groups excluding carboxylic acids is 1. The smallest absolute Gasteiger partial charge is 0.344 e. The molecule has 0 aliphatic carbocycles. The Labute approximate surface area is 182 Å². The van der Waals surface area contributed by atoms with Crippen LogP contribution >= 0.6 is 0 Å². The van der Waals surface area contributed by atoms with Gasteiger partial charge in [-0.05, 0) is 71.0 Å². The molecule has 1 heterocycles. The molecule has 1 aromatic heterocycles. The van der Waals surface area contributed by atoms with Crippen LogP contribution in [0, 0.1) is 6.92 Å². The zero-order chi connectivity index (χ0) is 22.8. The third-order valence-electron chi connectivity index (χ3n) is 4.51. The Morgan fingerprint density at radius 3 is 2.19 bits per heavy atom. The van der Waals surface area contributed by atoms with Gasteiger partial charge in [-0.15, -0.1) is 0 Å². The Bertz CT molecular complexity index is 1180. The van der Waals surface area contributed by atoms with Gasteiger partial charge in [0.2, 0.25) is 15.7 Å². The van der Waals surface area contributed by atoms with Gasteiger partial charge in [0.25, 0.3) is 0 Å². The van der Waals surface area contributed by atoms with Crippen molar-refractivity contribution in [3.8, 4) is 11.6 Å². The van der Waals surface area contributed by atoms with Gasteiger partial charge in [-0.2, -0.15) is 5.10 Å². The number of hydrogen-bond acceptors (Lipinski definition) is 6. The second-order valence-corrected chi connectivity index (χ2v) is 9.85. The summed E-state index contributed by atoms with van der Waals surface area (Å²) in [5.41, 5.74) is -0.0944. The molecule has 0 aliphatic rings. The fraction of sp³-hybridized carbons (Fsp3) is 0.304. The summed E-state index contributed by atoms with van der Waals surface area (Å²) in [6.07, 6.45) is 0. The molecule has 3 rings (SSSR count). The van der Waals surface area contributed by atoms with E-state index < -0.39 is 21.3 Å². The third-order valence-corrected chi connectivity index (χ3v) is 6.41. The molecule has 164 valence electrons. The lowest BCUT2D eigenvalue weighted by atomic mass is 10.1. The molecular formula is C23H26N2O5S. The number of nitrogens with zero attached hydrogens (tertiary/aromatic N) is 2. The summed E-state index contributed by atoms with van der Waals surface area (Å²) in [7, 11) is -3.96. The molecule has 0 fully saturated rings. The highest BCUT2D eigenvalue weighted by Crippen LogP contribution is 2.36. The zero-order valence-electron chi connectivity index (χ0n) is 18.2. The Balaban J connectivity index is 2.09. The van der Waals surface area contributed by atoms with E-state index in [4.69, 9.17) is 9.47 Å². The SMILES string of the molecule is CCOc1ccc(C(=O)Oc2c(S(=O)(=O)c3ccccc3)c(C)nn2C(C)(C)C)cc1. The van der Waals surface area contributed by atoms with Crippen molar-refractivity contribution in [3.05, 3.63) is 65.9 Å². The fourth-order valence-electron chi connectivity index (χ4n) is 3.06. The van der Waals surface area contributed by atoms with E-state index in [1.54, 1.807) is 49.4 Å². The average molecular weight is 443 g/mol. The minimum absolute atomic E-state index is 0.102. The van der Waals surface area contributed by atoms with Crippen molar-refractivity contribution >= 4 is 15.8 Å². The molecule has 0 unspecified atom stereocenters. The van der Waals surface area contributed by atoms with Crippen molar-refractivity contribution in [2.75, 3.05) is 6.61 Å². The molecule has 8 heteroatoms. The highest BCUT2D eigenvalue weighted by Gasteiger charge is 2.34. The van der Waals surface area contributed by atoms with Gasteiger partial charge >= 0.3 is 5.97 Å². The van der Waals surface area contributed by atoms with E-state index in [9.17, 15) is 13.2 Å². The molecule has 0 bridgehead atoms. The van der Waals surface area contributed by atoms with Gasteiger partial charge in [-0.25, -0.2) is 17.9 Å². The van der Waals surface area contributed by atoms with Crippen molar-refractivity contribution < 1.29 is 22.7 Å². The van der Waals surface area contributed by atoms with Crippen LogP contribution in [0.2, 0.25) is 0 Å². The molecule has 0 spiro atoms. The van der Waals surface area contributed by atoms with Crippen molar-refractivity contribution in [1.29, 1.82) is 0 Å². The van der Waals surface area contributed by atoms with Crippen molar-refractivity contribution in [2.24, 2.45) is 0 Å². The number of hydrogen-bond donors (Lipinski definition) is 0. The lowest BCUT2D eigenvalue weighted by molar-refractivity contribution is 0.0703. The first-order valence-corrected chi connectivity index (χ1v) is 11.4. The molecule has 0 radical (unpaired) electrons. The average Bonchev–Trinajstić information content (AvgIpc) is 3.06. The first kappa shape index (κ1) is 22.6. The first-order valence-electron chi connectivity index (χ1n) is 9.91. The Morgan fingerprint density at radius 2 is 1.65 bits per heavy atom. The van der Waals surface area contributed by atoms with Gasteiger partial charge in [0.05, 0.1) is 28.3 Å². The normalized spacial score (nSPS) is 11.9. The summed E-state index contributed by atoms with van der Waals surface area (Å²) >= 11 is 0. The molecule has 31 heavy (non-hydrogen) atoms. The zero-order valence-corrected chi connectivity index (χ0v) is 19.1. The fourth-order valence-corrected chi connectivity index (χ4v) is 4.60. The second-order valence-electron chi connectivity index (χ2n) is 7.97. The van der Waals surface area contributed by atoms with Crippen LogP contribution < -0.4 is 9.47 Å². The summed E-state index contributed by atoms with van der Waals surface area (Å²) in [6, 6.07) is 14.5. The summed E-state index contributed by atoms with van der Waals surface area (Å²) in [5, 5.41) is 4.40. The number of esters is 1. The van der Waals surface area contributed by atoms with Crippen LogP contribution in [0.1, 0.15) is 43.7 Å². The molecule has 0 saturated carbocycles. The van der Waals surface area contributed by atoms with E-state index in [0.717, 1.165) is 0 Å². The molecule has 0 saturated heterocycles.